The van der Waals surface area contributed by atoms with E-state index in [-0.39, 0.29) is 0 Å². The van der Waals surface area contributed by atoms with Crippen molar-refractivity contribution in [2.24, 2.45) is 10.9 Å². The molecule has 0 atom stereocenters. The summed E-state index contributed by atoms with van der Waals surface area (Å²) in [6, 6.07) is 3.75. The Balaban J connectivity index is 4.07. The summed E-state index contributed by atoms with van der Waals surface area (Å²) in [5.41, 5.74) is 1.31. The van der Waals surface area contributed by atoms with Gasteiger partial charge in [0.1, 0.15) is 0 Å². The van der Waals surface area contributed by atoms with Crippen LogP contribution in [0.5, 0.6) is 0 Å². The van der Waals surface area contributed by atoms with Gasteiger partial charge in [-0.15, -0.1) is 0 Å². The summed E-state index contributed by atoms with van der Waals surface area (Å²) in [6.45, 7) is 15.2. The summed E-state index contributed by atoms with van der Waals surface area (Å²) in [5, 5.41) is 0. The molecule has 0 aromatic heterocycles. The van der Waals surface area contributed by atoms with Crippen LogP contribution in [0.25, 0.3) is 0 Å². The van der Waals surface area contributed by atoms with E-state index in [4.69, 9.17) is 4.43 Å². The number of hydrogen-bond acceptors (Lipinski definition) is 2. The van der Waals surface area contributed by atoms with Crippen LogP contribution < -0.4 is 0 Å². The molecule has 0 spiro atoms. The zero-order chi connectivity index (χ0) is 14.0. The molecule has 0 aliphatic heterocycles. The summed E-state index contributed by atoms with van der Waals surface area (Å²) >= 11 is 0. The predicted molar refractivity (Wildman–Crippen MR) is 85.2 cm³/mol. The summed E-state index contributed by atoms with van der Waals surface area (Å²) in [5.74, 6) is 0.719. The largest absolute Gasteiger partial charge is 0.417 e. The van der Waals surface area contributed by atoms with Crippen molar-refractivity contribution in [3.8, 4) is 0 Å². The molecule has 0 radical (unpaired) electrons. The predicted octanol–water partition coefficient (Wildman–Crippen LogP) is 4.91. The Morgan fingerprint density at radius 2 is 1.78 bits per heavy atom. The van der Waals surface area contributed by atoms with E-state index >= 15 is 0 Å². The molecule has 0 saturated carbocycles. The van der Waals surface area contributed by atoms with Crippen molar-refractivity contribution in [1.29, 1.82) is 0 Å². The smallest absolute Gasteiger partial charge is 0.192 e. The highest BCUT2D eigenvalue weighted by molar-refractivity contribution is 6.73. The van der Waals surface area contributed by atoms with Gasteiger partial charge >= 0.3 is 0 Å². The third-order valence-corrected chi connectivity index (χ3v) is 8.36. The maximum atomic E-state index is 6.09. The van der Waals surface area contributed by atoms with Gasteiger partial charge in [0.15, 0.2) is 8.32 Å². The van der Waals surface area contributed by atoms with E-state index < -0.39 is 8.32 Å². The lowest BCUT2D eigenvalue weighted by Crippen LogP contribution is -2.36. The molecule has 0 aliphatic rings. The first-order valence-electron chi connectivity index (χ1n) is 7.63. The van der Waals surface area contributed by atoms with Crippen molar-refractivity contribution in [3.63, 3.8) is 0 Å². The minimum atomic E-state index is -1.42. The lowest BCUT2D eigenvalue weighted by Gasteiger charge is -2.28. The van der Waals surface area contributed by atoms with Crippen LogP contribution in [0.4, 0.5) is 0 Å². The molecule has 0 fully saturated rings. The first kappa shape index (κ1) is 17.8. The molecule has 0 heterocycles. The van der Waals surface area contributed by atoms with E-state index in [1.54, 1.807) is 0 Å². The van der Waals surface area contributed by atoms with Gasteiger partial charge in [0.05, 0.1) is 0 Å². The van der Waals surface area contributed by atoms with Gasteiger partial charge in [0.25, 0.3) is 0 Å². The van der Waals surface area contributed by atoms with Crippen LogP contribution in [0.2, 0.25) is 18.1 Å². The molecule has 0 aliphatic carbocycles. The fourth-order valence-corrected chi connectivity index (χ4v) is 5.69. The minimum absolute atomic E-state index is 0.719. The molecule has 0 aromatic carbocycles. The quantitative estimate of drug-likeness (QED) is 0.314. The van der Waals surface area contributed by atoms with E-state index in [1.165, 1.54) is 30.3 Å². The molecule has 108 valence electrons. The number of aliphatic imine (C=N–C) groups is 1. The van der Waals surface area contributed by atoms with Crippen LogP contribution in [0.3, 0.4) is 0 Å². The standard InChI is InChI=1S/C15H33NOSi/c1-7-17-18(8-2,9-3)12-10-11-16-15(6)13-14(4)5/h14H,7-13H2,1-6H3/b16-15+. The molecule has 2 nitrogen and oxygen atoms in total. The average Bonchev–Trinajstić information content (AvgIpc) is 2.32. The van der Waals surface area contributed by atoms with Crippen molar-refractivity contribution in [3.05, 3.63) is 0 Å². The molecule has 0 amide bonds. The second kappa shape index (κ2) is 9.73. The Bertz CT molecular complexity index is 235. The van der Waals surface area contributed by atoms with Gasteiger partial charge in [0.2, 0.25) is 0 Å². The summed E-state index contributed by atoms with van der Waals surface area (Å²) in [7, 11) is -1.42. The van der Waals surface area contributed by atoms with Crippen LogP contribution in [0.1, 0.15) is 54.4 Å². The van der Waals surface area contributed by atoms with Crippen LogP contribution in [-0.2, 0) is 4.43 Å². The molecule has 0 rings (SSSR count). The zero-order valence-electron chi connectivity index (χ0n) is 13.4. The second-order valence-electron chi connectivity index (χ2n) is 5.64. The maximum Gasteiger partial charge on any atom is 0.192 e. The van der Waals surface area contributed by atoms with E-state index in [1.807, 2.05) is 0 Å². The van der Waals surface area contributed by atoms with E-state index in [2.05, 4.69) is 46.5 Å². The highest BCUT2D eigenvalue weighted by atomic mass is 28.4. The third kappa shape index (κ3) is 7.32. The lowest BCUT2D eigenvalue weighted by molar-refractivity contribution is 0.319. The SMILES string of the molecule is CCO[Si](CC)(CC)CCC/N=C(\C)CC(C)C. The number of rotatable bonds is 10. The van der Waals surface area contributed by atoms with Crippen LogP contribution >= 0.6 is 0 Å². The molecular weight excluding hydrogens is 238 g/mol. The van der Waals surface area contributed by atoms with E-state index in [9.17, 15) is 0 Å². The van der Waals surface area contributed by atoms with Crippen molar-refractivity contribution in [2.45, 2.75) is 72.5 Å². The van der Waals surface area contributed by atoms with Gasteiger partial charge in [-0.25, -0.2) is 0 Å². The second-order valence-corrected chi connectivity index (χ2v) is 10.2. The Morgan fingerprint density at radius 1 is 1.17 bits per heavy atom. The normalized spacial score (nSPS) is 13.4. The fourth-order valence-electron chi connectivity index (χ4n) is 2.51. The molecule has 0 unspecified atom stereocenters. The molecule has 0 aromatic rings. The van der Waals surface area contributed by atoms with Crippen LogP contribution in [0.15, 0.2) is 4.99 Å². The van der Waals surface area contributed by atoms with Crippen LogP contribution in [0, 0.1) is 5.92 Å². The third-order valence-electron chi connectivity index (χ3n) is 3.62. The van der Waals surface area contributed by atoms with Gasteiger partial charge in [-0.3, -0.25) is 4.99 Å². The Kier molecular flexibility index (Phi) is 9.65. The molecule has 0 bridgehead atoms. The lowest BCUT2D eigenvalue weighted by atomic mass is 10.1. The fraction of sp³-hybridized carbons (Fsp3) is 0.933. The van der Waals surface area contributed by atoms with Crippen LogP contribution in [-0.4, -0.2) is 27.2 Å². The van der Waals surface area contributed by atoms with Gasteiger partial charge in [-0.2, -0.15) is 0 Å². The first-order valence-corrected chi connectivity index (χ1v) is 10.2. The molecular formula is C15H33NOSi. The average molecular weight is 272 g/mol. The van der Waals surface area contributed by atoms with Gasteiger partial charge in [0, 0.05) is 18.9 Å². The Morgan fingerprint density at radius 3 is 2.22 bits per heavy atom. The summed E-state index contributed by atoms with van der Waals surface area (Å²) in [4.78, 5) is 4.68. The molecule has 0 N–H and O–H groups in total. The van der Waals surface area contributed by atoms with E-state index in [0.717, 1.165) is 25.5 Å². The van der Waals surface area contributed by atoms with Gasteiger partial charge in [-0.05, 0) is 50.7 Å². The van der Waals surface area contributed by atoms with Gasteiger partial charge < -0.3 is 4.43 Å². The monoisotopic (exact) mass is 271 g/mol. The topological polar surface area (TPSA) is 21.6 Å². The van der Waals surface area contributed by atoms with E-state index in [0.29, 0.717) is 0 Å². The highest BCUT2D eigenvalue weighted by Gasteiger charge is 2.29. The van der Waals surface area contributed by atoms with Gasteiger partial charge in [-0.1, -0.05) is 27.7 Å². The highest BCUT2D eigenvalue weighted by Crippen LogP contribution is 2.23. The zero-order valence-corrected chi connectivity index (χ0v) is 14.4. The van der Waals surface area contributed by atoms with Crippen molar-refractivity contribution in [2.75, 3.05) is 13.2 Å². The minimum Gasteiger partial charge on any atom is -0.417 e. The number of hydrogen-bond donors (Lipinski definition) is 0. The van der Waals surface area contributed by atoms with Crippen molar-refractivity contribution in [1.82, 2.24) is 0 Å². The molecule has 3 heteroatoms. The molecule has 0 saturated heterocycles. The first-order chi connectivity index (χ1) is 8.49. The maximum absolute atomic E-state index is 6.09. The molecule has 18 heavy (non-hydrogen) atoms. The Hall–Kier alpha value is -0.153. The van der Waals surface area contributed by atoms with Crippen molar-refractivity contribution < 1.29 is 4.43 Å². The number of nitrogens with zero attached hydrogens (tertiary/aromatic N) is 1. The van der Waals surface area contributed by atoms with Crippen molar-refractivity contribution >= 4 is 14.0 Å². The summed E-state index contributed by atoms with van der Waals surface area (Å²) < 4.78 is 6.09. The summed E-state index contributed by atoms with van der Waals surface area (Å²) in [6.07, 6.45) is 2.33. The Labute approximate surface area is 115 Å².